The third-order valence-corrected chi connectivity index (χ3v) is 3.35. The average molecular weight is 321 g/mol. The van der Waals surface area contributed by atoms with Gasteiger partial charge in [0.2, 0.25) is 0 Å². The average Bonchev–Trinajstić information content (AvgIpc) is 2.38. The summed E-state index contributed by atoms with van der Waals surface area (Å²) in [7, 11) is 0. The molecule has 3 nitrogen and oxygen atoms in total. The normalized spacial score (nSPS) is 12.2. The second-order valence-corrected chi connectivity index (χ2v) is 5.41. The van der Waals surface area contributed by atoms with E-state index in [9.17, 15) is 0 Å². The standard InChI is InChI=1S/C15H17BrN2O/c1-11(17)9-13-3-2-4-14(16)15(13)19-10-12-5-7-18-8-6-12/h2-8,11H,9-10,17H2,1H3. The monoisotopic (exact) mass is 320 g/mol. The summed E-state index contributed by atoms with van der Waals surface area (Å²) in [5.74, 6) is 0.872. The molecule has 2 rings (SSSR count). The van der Waals surface area contributed by atoms with E-state index >= 15 is 0 Å². The summed E-state index contributed by atoms with van der Waals surface area (Å²) in [4.78, 5) is 3.99. The minimum absolute atomic E-state index is 0.109. The van der Waals surface area contributed by atoms with Gasteiger partial charge in [0.05, 0.1) is 4.47 Å². The number of hydrogen-bond acceptors (Lipinski definition) is 3. The smallest absolute Gasteiger partial charge is 0.137 e. The molecule has 0 radical (unpaired) electrons. The van der Waals surface area contributed by atoms with Crippen LogP contribution in [0.2, 0.25) is 0 Å². The molecule has 1 aromatic carbocycles. The predicted octanol–water partition coefficient (Wildman–Crippen LogP) is 3.31. The van der Waals surface area contributed by atoms with Gasteiger partial charge < -0.3 is 10.5 Å². The number of pyridine rings is 1. The number of aromatic nitrogens is 1. The van der Waals surface area contributed by atoms with Crippen molar-refractivity contribution in [2.45, 2.75) is 26.0 Å². The molecule has 0 aliphatic rings. The van der Waals surface area contributed by atoms with Crippen molar-refractivity contribution in [3.63, 3.8) is 0 Å². The minimum Gasteiger partial charge on any atom is -0.487 e. The van der Waals surface area contributed by atoms with E-state index < -0.39 is 0 Å². The number of hydrogen-bond donors (Lipinski definition) is 1. The van der Waals surface area contributed by atoms with E-state index in [0.717, 1.165) is 27.8 Å². The van der Waals surface area contributed by atoms with Gasteiger partial charge in [0.25, 0.3) is 0 Å². The highest BCUT2D eigenvalue weighted by atomic mass is 79.9. The number of rotatable bonds is 5. The fourth-order valence-corrected chi connectivity index (χ4v) is 2.38. The van der Waals surface area contributed by atoms with Gasteiger partial charge in [-0.15, -0.1) is 0 Å². The molecule has 19 heavy (non-hydrogen) atoms. The quantitative estimate of drug-likeness (QED) is 0.919. The topological polar surface area (TPSA) is 48.1 Å². The summed E-state index contributed by atoms with van der Waals surface area (Å²) >= 11 is 3.53. The van der Waals surface area contributed by atoms with E-state index in [2.05, 4.69) is 27.0 Å². The number of nitrogens with zero attached hydrogens (tertiary/aromatic N) is 1. The molecule has 1 aromatic heterocycles. The third kappa shape index (κ3) is 4.04. The van der Waals surface area contributed by atoms with E-state index in [0.29, 0.717) is 6.61 Å². The molecule has 1 atom stereocenters. The van der Waals surface area contributed by atoms with Crippen LogP contribution in [0.15, 0.2) is 47.2 Å². The molecule has 0 spiro atoms. The van der Waals surface area contributed by atoms with Crippen LogP contribution in [0.5, 0.6) is 5.75 Å². The molecular weight excluding hydrogens is 304 g/mol. The van der Waals surface area contributed by atoms with Crippen molar-refractivity contribution in [2.75, 3.05) is 0 Å². The predicted molar refractivity (Wildman–Crippen MR) is 80.1 cm³/mol. The Morgan fingerprint density at radius 1 is 1.26 bits per heavy atom. The molecule has 1 unspecified atom stereocenters. The maximum absolute atomic E-state index is 5.92. The van der Waals surface area contributed by atoms with Crippen LogP contribution in [0.4, 0.5) is 0 Å². The molecule has 0 fully saturated rings. The molecule has 0 saturated carbocycles. The first-order chi connectivity index (χ1) is 9.16. The number of benzene rings is 1. The van der Waals surface area contributed by atoms with Crippen LogP contribution in [0, 0.1) is 0 Å². The van der Waals surface area contributed by atoms with Crippen molar-refractivity contribution < 1.29 is 4.74 Å². The summed E-state index contributed by atoms with van der Waals surface area (Å²) in [6.07, 6.45) is 4.33. The van der Waals surface area contributed by atoms with Gasteiger partial charge >= 0.3 is 0 Å². The van der Waals surface area contributed by atoms with Gasteiger partial charge in [-0.2, -0.15) is 0 Å². The lowest BCUT2D eigenvalue weighted by Crippen LogP contribution is -2.18. The maximum Gasteiger partial charge on any atom is 0.137 e. The van der Waals surface area contributed by atoms with Gasteiger partial charge in [-0.05, 0) is 58.6 Å². The van der Waals surface area contributed by atoms with Crippen LogP contribution in [0.25, 0.3) is 0 Å². The molecule has 2 aromatic rings. The number of nitrogens with two attached hydrogens (primary N) is 1. The summed E-state index contributed by atoms with van der Waals surface area (Å²) in [6, 6.07) is 10.0. The van der Waals surface area contributed by atoms with E-state index in [1.165, 1.54) is 0 Å². The van der Waals surface area contributed by atoms with Gasteiger partial charge in [-0.1, -0.05) is 12.1 Å². The molecule has 2 N–H and O–H groups in total. The van der Waals surface area contributed by atoms with Gasteiger partial charge in [-0.3, -0.25) is 4.98 Å². The van der Waals surface area contributed by atoms with Gasteiger partial charge in [0.1, 0.15) is 12.4 Å². The van der Waals surface area contributed by atoms with Crippen LogP contribution in [0.3, 0.4) is 0 Å². The summed E-state index contributed by atoms with van der Waals surface area (Å²) < 4.78 is 6.88. The Balaban J connectivity index is 2.14. The lowest BCUT2D eigenvalue weighted by Gasteiger charge is -2.14. The van der Waals surface area contributed by atoms with Crippen molar-refractivity contribution >= 4 is 15.9 Å². The van der Waals surface area contributed by atoms with Gasteiger partial charge in [0, 0.05) is 18.4 Å². The first-order valence-electron chi connectivity index (χ1n) is 6.21. The summed E-state index contributed by atoms with van der Waals surface area (Å²) in [5.41, 5.74) is 8.09. The van der Waals surface area contributed by atoms with Gasteiger partial charge in [0.15, 0.2) is 0 Å². The van der Waals surface area contributed by atoms with E-state index in [-0.39, 0.29) is 6.04 Å². The van der Waals surface area contributed by atoms with Crippen LogP contribution >= 0.6 is 15.9 Å². The Bertz CT molecular complexity index is 529. The Hall–Kier alpha value is -1.39. The lowest BCUT2D eigenvalue weighted by atomic mass is 10.1. The molecule has 1 heterocycles. The zero-order valence-electron chi connectivity index (χ0n) is 10.8. The first kappa shape index (κ1) is 14.0. The van der Waals surface area contributed by atoms with E-state index in [1.54, 1.807) is 12.4 Å². The van der Waals surface area contributed by atoms with Crippen LogP contribution < -0.4 is 10.5 Å². The minimum atomic E-state index is 0.109. The van der Waals surface area contributed by atoms with Crippen molar-refractivity contribution in [1.29, 1.82) is 0 Å². The molecular formula is C15H17BrN2O. The lowest BCUT2D eigenvalue weighted by molar-refractivity contribution is 0.300. The maximum atomic E-state index is 5.92. The molecule has 0 aliphatic carbocycles. The molecule has 0 amide bonds. The summed E-state index contributed by atoms with van der Waals surface area (Å²) in [5, 5.41) is 0. The van der Waals surface area contributed by atoms with Gasteiger partial charge in [-0.25, -0.2) is 0 Å². The third-order valence-electron chi connectivity index (χ3n) is 2.72. The van der Waals surface area contributed by atoms with Crippen LogP contribution in [-0.2, 0) is 13.0 Å². The Morgan fingerprint density at radius 2 is 2.00 bits per heavy atom. The van der Waals surface area contributed by atoms with E-state index in [1.807, 2.05) is 31.2 Å². The second kappa shape index (κ2) is 6.68. The largest absolute Gasteiger partial charge is 0.487 e. The number of halogens is 1. The van der Waals surface area contributed by atoms with Crippen LogP contribution in [0.1, 0.15) is 18.1 Å². The number of para-hydroxylation sites is 1. The highest BCUT2D eigenvalue weighted by Gasteiger charge is 2.10. The SMILES string of the molecule is CC(N)Cc1cccc(Br)c1OCc1ccncc1. The fourth-order valence-electron chi connectivity index (χ4n) is 1.86. The fraction of sp³-hybridized carbons (Fsp3) is 0.267. The zero-order valence-corrected chi connectivity index (χ0v) is 12.4. The number of ether oxygens (including phenoxy) is 1. The van der Waals surface area contributed by atoms with Crippen molar-refractivity contribution in [3.8, 4) is 5.75 Å². The molecule has 0 aliphatic heterocycles. The van der Waals surface area contributed by atoms with E-state index in [4.69, 9.17) is 10.5 Å². The molecule has 0 saturated heterocycles. The Kier molecular flexibility index (Phi) is 4.93. The highest BCUT2D eigenvalue weighted by molar-refractivity contribution is 9.10. The zero-order chi connectivity index (χ0) is 13.7. The Morgan fingerprint density at radius 3 is 2.68 bits per heavy atom. The molecule has 0 bridgehead atoms. The van der Waals surface area contributed by atoms with Crippen LogP contribution in [-0.4, -0.2) is 11.0 Å². The van der Waals surface area contributed by atoms with Crippen molar-refractivity contribution in [3.05, 3.63) is 58.3 Å². The molecule has 100 valence electrons. The summed E-state index contributed by atoms with van der Waals surface area (Å²) in [6.45, 7) is 2.52. The Labute approximate surface area is 121 Å². The second-order valence-electron chi connectivity index (χ2n) is 4.55. The molecule has 4 heteroatoms. The highest BCUT2D eigenvalue weighted by Crippen LogP contribution is 2.30. The first-order valence-corrected chi connectivity index (χ1v) is 7.01. The van der Waals surface area contributed by atoms with Crippen molar-refractivity contribution in [1.82, 2.24) is 4.98 Å². The van der Waals surface area contributed by atoms with Crippen molar-refractivity contribution in [2.24, 2.45) is 5.73 Å².